The number of alkyl halides is 6. The van der Waals surface area contributed by atoms with E-state index in [2.05, 4.69) is 15.2 Å². The number of carboxylic acid groups (broad SMARTS) is 1. The number of anilines is 1. The highest BCUT2D eigenvalue weighted by Gasteiger charge is 2.38. The number of benzene rings is 1. The van der Waals surface area contributed by atoms with Crippen LogP contribution in [0.4, 0.5) is 36.6 Å². The molecule has 0 saturated carbocycles. The van der Waals surface area contributed by atoms with Crippen LogP contribution in [0.3, 0.4) is 0 Å². The number of carbonyl (C=O) groups excluding carboxylic acids is 2. The highest BCUT2D eigenvalue weighted by molar-refractivity contribution is 6.01. The van der Waals surface area contributed by atoms with Gasteiger partial charge in [0.25, 0.3) is 11.5 Å². The third-order valence-corrected chi connectivity index (χ3v) is 6.36. The number of hydrogen-bond acceptors (Lipinski definition) is 6. The normalized spacial score (nSPS) is 13.8. The van der Waals surface area contributed by atoms with Crippen LogP contribution in [0.1, 0.15) is 38.3 Å². The smallest absolute Gasteiger partial charge is 0.475 e. The molecule has 0 atom stereocenters. The first kappa shape index (κ1) is 32.7. The third kappa shape index (κ3) is 7.92. The molecule has 10 nitrogen and oxygen atoms in total. The minimum absolute atomic E-state index is 0.0219. The molecule has 17 heteroatoms. The number of aliphatic carboxylic acids is 1. The van der Waals surface area contributed by atoms with E-state index < -0.39 is 48.1 Å². The second-order valence-corrected chi connectivity index (χ2v) is 9.22. The predicted molar refractivity (Wildman–Crippen MR) is 135 cm³/mol. The first-order valence-corrected chi connectivity index (χ1v) is 12.2. The lowest BCUT2D eigenvalue weighted by molar-refractivity contribution is -0.192. The molecule has 2 aromatic heterocycles. The van der Waals surface area contributed by atoms with E-state index in [0.29, 0.717) is 22.4 Å². The Labute approximate surface area is 237 Å². The Balaban J connectivity index is 0.000000646. The number of hydrogen-bond donors (Lipinski definition) is 2. The SMILES string of the molecule is Cc1c(Cc2ccc(F)c(C(=O)N3CCN(c4cc(C(F)(F)F)ccn4)C(=O)C3)c2)n[nH]c(=O)c1C.O=C(O)C(F)(F)F. The summed E-state index contributed by atoms with van der Waals surface area (Å²) in [5.41, 5.74) is 0.820. The number of carbonyl (C=O) groups is 3. The quantitative estimate of drug-likeness (QED) is 0.427. The Hall–Kier alpha value is -4.83. The molecule has 0 aliphatic carbocycles. The fourth-order valence-corrected chi connectivity index (χ4v) is 3.89. The number of carboxylic acids is 1. The zero-order valence-corrected chi connectivity index (χ0v) is 22.3. The number of nitrogens with one attached hydrogen (secondary N) is 1. The van der Waals surface area contributed by atoms with Crippen LogP contribution in [0.25, 0.3) is 0 Å². The van der Waals surface area contributed by atoms with Gasteiger partial charge < -0.3 is 10.0 Å². The van der Waals surface area contributed by atoms with Gasteiger partial charge in [-0.1, -0.05) is 6.07 Å². The fraction of sp³-hybridized carbons (Fsp3) is 0.308. The van der Waals surface area contributed by atoms with Gasteiger partial charge in [-0.15, -0.1) is 0 Å². The molecule has 1 aliphatic rings. The molecule has 43 heavy (non-hydrogen) atoms. The van der Waals surface area contributed by atoms with Crippen LogP contribution >= 0.6 is 0 Å². The van der Waals surface area contributed by atoms with E-state index in [0.717, 1.165) is 34.2 Å². The van der Waals surface area contributed by atoms with Crippen LogP contribution in [0.2, 0.25) is 0 Å². The Morgan fingerprint density at radius 3 is 2.23 bits per heavy atom. The molecule has 0 bridgehead atoms. The minimum Gasteiger partial charge on any atom is -0.475 e. The van der Waals surface area contributed by atoms with Crippen LogP contribution in [-0.2, 0) is 22.2 Å². The summed E-state index contributed by atoms with van der Waals surface area (Å²) in [7, 11) is 0. The lowest BCUT2D eigenvalue weighted by atomic mass is 10.0. The van der Waals surface area contributed by atoms with Gasteiger partial charge in [-0.3, -0.25) is 19.3 Å². The maximum atomic E-state index is 14.6. The van der Waals surface area contributed by atoms with Gasteiger partial charge in [-0.05, 0) is 49.2 Å². The monoisotopic (exact) mass is 617 g/mol. The molecule has 3 aromatic rings. The van der Waals surface area contributed by atoms with Gasteiger partial charge in [-0.2, -0.15) is 31.4 Å². The first-order chi connectivity index (χ1) is 19.9. The summed E-state index contributed by atoms with van der Waals surface area (Å²) in [5.74, 6) is -5.06. The molecule has 0 radical (unpaired) electrons. The average molecular weight is 617 g/mol. The maximum Gasteiger partial charge on any atom is 0.490 e. The van der Waals surface area contributed by atoms with Crippen molar-refractivity contribution < 1.29 is 50.2 Å². The zero-order valence-electron chi connectivity index (χ0n) is 22.3. The molecule has 0 spiro atoms. The van der Waals surface area contributed by atoms with E-state index in [1.807, 2.05) is 0 Å². The number of rotatable bonds is 4. The second-order valence-electron chi connectivity index (χ2n) is 9.22. The molecule has 4 rings (SSSR count). The summed E-state index contributed by atoms with van der Waals surface area (Å²) >= 11 is 0. The second kappa shape index (κ2) is 12.6. The number of H-pyrrole nitrogens is 1. The van der Waals surface area contributed by atoms with Gasteiger partial charge >= 0.3 is 18.3 Å². The number of pyridine rings is 1. The lowest BCUT2D eigenvalue weighted by Gasteiger charge is -2.34. The van der Waals surface area contributed by atoms with E-state index in [9.17, 15) is 45.1 Å². The first-order valence-electron chi connectivity index (χ1n) is 12.2. The number of amides is 2. The molecule has 2 N–H and O–H groups in total. The third-order valence-electron chi connectivity index (χ3n) is 6.36. The summed E-state index contributed by atoms with van der Waals surface area (Å²) < 4.78 is 85.4. The number of halogens is 7. The van der Waals surface area contributed by atoms with Crippen molar-refractivity contribution in [1.29, 1.82) is 0 Å². The molecule has 3 heterocycles. The van der Waals surface area contributed by atoms with E-state index >= 15 is 0 Å². The fourth-order valence-electron chi connectivity index (χ4n) is 3.89. The van der Waals surface area contributed by atoms with Crippen molar-refractivity contribution in [1.82, 2.24) is 20.1 Å². The Morgan fingerprint density at radius 2 is 1.65 bits per heavy atom. The van der Waals surface area contributed by atoms with Crippen molar-refractivity contribution in [2.45, 2.75) is 32.6 Å². The summed E-state index contributed by atoms with van der Waals surface area (Å²) in [6.07, 6.45) is -8.48. The maximum absolute atomic E-state index is 14.6. The van der Waals surface area contributed by atoms with Crippen LogP contribution in [0.5, 0.6) is 0 Å². The minimum atomic E-state index is -5.08. The number of nitrogens with zero attached hydrogens (tertiary/aromatic N) is 4. The highest BCUT2D eigenvalue weighted by Crippen LogP contribution is 2.31. The summed E-state index contributed by atoms with van der Waals surface area (Å²) in [6, 6.07) is 5.57. The van der Waals surface area contributed by atoms with Crippen molar-refractivity contribution in [2.24, 2.45) is 0 Å². The van der Waals surface area contributed by atoms with Crippen molar-refractivity contribution in [3.05, 3.63) is 86.2 Å². The molecule has 1 aromatic carbocycles. The highest BCUT2D eigenvalue weighted by atomic mass is 19.4. The molecular formula is C26H22F7N5O5. The van der Waals surface area contributed by atoms with E-state index in [1.165, 1.54) is 12.1 Å². The van der Waals surface area contributed by atoms with Crippen LogP contribution in [0, 0.1) is 19.7 Å². The molecule has 230 valence electrons. The van der Waals surface area contributed by atoms with Crippen LogP contribution in [0.15, 0.2) is 41.3 Å². The van der Waals surface area contributed by atoms with E-state index in [-0.39, 0.29) is 36.5 Å². The van der Waals surface area contributed by atoms with Gasteiger partial charge in [-0.25, -0.2) is 19.3 Å². The van der Waals surface area contributed by atoms with Crippen molar-refractivity contribution in [3.8, 4) is 0 Å². The average Bonchev–Trinajstić information content (AvgIpc) is 2.93. The molecule has 1 fully saturated rings. The van der Waals surface area contributed by atoms with E-state index in [4.69, 9.17) is 9.90 Å². The largest absolute Gasteiger partial charge is 0.490 e. The number of aromatic nitrogens is 3. The summed E-state index contributed by atoms with van der Waals surface area (Å²) in [6.45, 7) is 2.84. The van der Waals surface area contributed by atoms with Gasteiger partial charge in [0.15, 0.2) is 0 Å². The Morgan fingerprint density at radius 1 is 1.00 bits per heavy atom. The van der Waals surface area contributed by atoms with Crippen molar-refractivity contribution in [3.63, 3.8) is 0 Å². The Bertz CT molecular complexity index is 1600. The number of aromatic amines is 1. The Kier molecular flexibility index (Phi) is 9.56. The van der Waals surface area contributed by atoms with Gasteiger partial charge in [0.05, 0.1) is 16.8 Å². The molecule has 2 amide bonds. The van der Waals surface area contributed by atoms with Gasteiger partial charge in [0, 0.05) is 31.3 Å². The van der Waals surface area contributed by atoms with E-state index in [1.54, 1.807) is 13.8 Å². The van der Waals surface area contributed by atoms with Crippen LogP contribution in [-0.4, -0.2) is 68.8 Å². The molecular weight excluding hydrogens is 595 g/mol. The predicted octanol–water partition coefficient (Wildman–Crippen LogP) is 3.65. The molecule has 0 unspecified atom stereocenters. The van der Waals surface area contributed by atoms with Gasteiger partial charge in [0.1, 0.15) is 18.2 Å². The number of piperazine rings is 1. The zero-order chi connectivity index (χ0) is 32.3. The van der Waals surface area contributed by atoms with Gasteiger partial charge in [0.2, 0.25) is 5.91 Å². The summed E-state index contributed by atoms with van der Waals surface area (Å²) in [5, 5.41) is 13.6. The lowest BCUT2D eigenvalue weighted by Crippen LogP contribution is -2.52. The topological polar surface area (TPSA) is 137 Å². The van der Waals surface area contributed by atoms with Crippen molar-refractivity contribution >= 4 is 23.6 Å². The summed E-state index contributed by atoms with van der Waals surface area (Å²) in [4.78, 5) is 52.4. The molecule has 1 saturated heterocycles. The molecule has 1 aliphatic heterocycles. The standard InChI is InChI=1S/C24H21F4N5O3.C2HF3O2/c1-13-14(2)22(35)31-30-19(13)10-15-3-4-18(25)17(9-15)23(36)32-7-8-33(21(34)12-32)20-11-16(5-6-29-20)24(26,27)28;3-2(4,5)1(6)7/h3-6,9,11H,7-8,10,12H2,1-2H3,(H,31,35);(H,6,7). The van der Waals surface area contributed by atoms with Crippen molar-refractivity contribution in [2.75, 3.05) is 24.5 Å². The van der Waals surface area contributed by atoms with Crippen LogP contribution < -0.4 is 10.5 Å².